The first-order valence-electron chi connectivity index (χ1n) is 13.5. The van der Waals surface area contributed by atoms with E-state index >= 15 is 0 Å². The van der Waals surface area contributed by atoms with Gasteiger partial charge in [0, 0.05) is 30.1 Å². The molecule has 194 valence electrons. The summed E-state index contributed by atoms with van der Waals surface area (Å²) in [6, 6.07) is 8.83. The summed E-state index contributed by atoms with van der Waals surface area (Å²) in [6.07, 6.45) is 17.2. The Hall–Kier alpha value is -2.78. The fourth-order valence-corrected chi connectivity index (χ4v) is 5.42. The summed E-state index contributed by atoms with van der Waals surface area (Å²) in [4.78, 5) is 2.39. The minimum atomic E-state index is -0.855. The molecule has 0 saturated heterocycles. The van der Waals surface area contributed by atoms with E-state index in [0.717, 1.165) is 42.0 Å². The van der Waals surface area contributed by atoms with E-state index in [4.69, 9.17) is 0 Å². The van der Waals surface area contributed by atoms with Crippen molar-refractivity contribution in [3.05, 3.63) is 95.8 Å². The SMILES string of the molecule is C=C(/C=C\C)CN(c1ccccc1NC1=C(CC)C=C(C2C=CC=CC2C)CC1C(C)(C)O)C(C)C. The molecule has 2 aliphatic carbocycles. The van der Waals surface area contributed by atoms with Gasteiger partial charge in [-0.15, -0.1) is 0 Å². The Morgan fingerprint density at radius 1 is 1.22 bits per heavy atom. The molecule has 1 aromatic carbocycles. The number of hydrogen-bond acceptors (Lipinski definition) is 3. The van der Waals surface area contributed by atoms with Gasteiger partial charge in [-0.1, -0.05) is 80.7 Å². The molecule has 0 heterocycles. The van der Waals surface area contributed by atoms with Gasteiger partial charge in [0.25, 0.3) is 0 Å². The van der Waals surface area contributed by atoms with E-state index in [1.54, 1.807) is 0 Å². The van der Waals surface area contributed by atoms with Crippen LogP contribution in [0.3, 0.4) is 0 Å². The van der Waals surface area contributed by atoms with E-state index < -0.39 is 5.60 Å². The number of nitrogens with zero attached hydrogens (tertiary/aromatic N) is 1. The van der Waals surface area contributed by atoms with Crippen molar-refractivity contribution in [3.63, 3.8) is 0 Å². The van der Waals surface area contributed by atoms with Crippen molar-refractivity contribution >= 4 is 11.4 Å². The molecule has 3 heteroatoms. The van der Waals surface area contributed by atoms with Crippen molar-refractivity contribution in [1.29, 1.82) is 0 Å². The van der Waals surface area contributed by atoms with E-state index in [9.17, 15) is 5.11 Å². The molecule has 0 amide bonds. The van der Waals surface area contributed by atoms with Crippen LogP contribution in [0.1, 0.15) is 61.3 Å². The van der Waals surface area contributed by atoms with Crippen LogP contribution in [0, 0.1) is 17.8 Å². The van der Waals surface area contributed by atoms with Gasteiger partial charge in [0.15, 0.2) is 0 Å². The van der Waals surface area contributed by atoms with E-state index in [-0.39, 0.29) is 5.92 Å². The minimum absolute atomic E-state index is 0.0162. The Morgan fingerprint density at radius 2 is 1.92 bits per heavy atom. The summed E-state index contributed by atoms with van der Waals surface area (Å²) in [5.74, 6) is 0.823. The second-order valence-electron chi connectivity index (χ2n) is 11.1. The van der Waals surface area contributed by atoms with Crippen LogP contribution in [0.2, 0.25) is 0 Å². The highest BCUT2D eigenvalue weighted by molar-refractivity contribution is 5.73. The molecule has 3 atom stereocenters. The lowest BCUT2D eigenvalue weighted by molar-refractivity contribution is 0.0309. The predicted molar refractivity (Wildman–Crippen MR) is 157 cm³/mol. The number of anilines is 2. The maximum Gasteiger partial charge on any atom is 0.0677 e. The summed E-state index contributed by atoms with van der Waals surface area (Å²) >= 11 is 0. The zero-order valence-corrected chi connectivity index (χ0v) is 23.4. The Kier molecular flexibility index (Phi) is 9.24. The number of hydrogen-bond donors (Lipinski definition) is 2. The second kappa shape index (κ2) is 12.0. The average molecular weight is 487 g/mol. The molecular formula is C33H46N2O. The molecule has 2 N–H and O–H groups in total. The van der Waals surface area contributed by atoms with Crippen LogP contribution in [0.4, 0.5) is 11.4 Å². The van der Waals surface area contributed by atoms with Crippen molar-refractivity contribution < 1.29 is 5.11 Å². The highest BCUT2D eigenvalue weighted by atomic mass is 16.3. The van der Waals surface area contributed by atoms with Crippen molar-refractivity contribution in [1.82, 2.24) is 0 Å². The van der Waals surface area contributed by atoms with E-state index in [1.165, 1.54) is 11.1 Å². The van der Waals surface area contributed by atoms with Crippen molar-refractivity contribution in [2.45, 2.75) is 73.0 Å². The fourth-order valence-electron chi connectivity index (χ4n) is 5.42. The topological polar surface area (TPSA) is 35.5 Å². The summed E-state index contributed by atoms with van der Waals surface area (Å²) in [5.41, 5.74) is 6.28. The number of nitrogens with one attached hydrogen (secondary N) is 1. The third-order valence-corrected chi connectivity index (χ3v) is 7.45. The molecule has 0 aromatic heterocycles. The summed E-state index contributed by atoms with van der Waals surface area (Å²) < 4.78 is 0. The highest BCUT2D eigenvalue weighted by Crippen LogP contribution is 2.43. The molecule has 0 bridgehead atoms. The van der Waals surface area contributed by atoms with Gasteiger partial charge in [0.1, 0.15) is 0 Å². The van der Waals surface area contributed by atoms with Crippen molar-refractivity contribution in [2.75, 3.05) is 16.8 Å². The lowest BCUT2D eigenvalue weighted by Crippen LogP contribution is -2.38. The molecule has 2 aliphatic rings. The molecule has 0 saturated carbocycles. The van der Waals surface area contributed by atoms with E-state index in [1.807, 2.05) is 26.8 Å². The maximum absolute atomic E-state index is 11.4. The molecule has 3 nitrogen and oxygen atoms in total. The van der Waals surface area contributed by atoms with Crippen LogP contribution >= 0.6 is 0 Å². The predicted octanol–water partition coefficient (Wildman–Crippen LogP) is 8.21. The fraction of sp³-hybridized carbons (Fsp3) is 0.455. The lowest BCUT2D eigenvalue weighted by Gasteiger charge is -2.40. The van der Waals surface area contributed by atoms with Crippen molar-refractivity contribution in [2.24, 2.45) is 17.8 Å². The second-order valence-corrected chi connectivity index (χ2v) is 11.1. The van der Waals surface area contributed by atoms with Gasteiger partial charge in [0.05, 0.1) is 17.0 Å². The van der Waals surface area contributed by atoms with Gasteiger partial charge in [-0.2, -0.15) is 0 Å². The van der Waals surface area contributed by atoms with E-state index in [2.05, 4.69) is 105 Å². The first-order valence-corrected chi connectivity index (χ1v) is 13.5. The normalized spacial score (nSPS) is 22.4. The van der Waals surface area contributed by atoms with Gasteiger partial charge in [0.2, 0.25) is 0 Å². The minimum Gasteiger partial charge on any atom is -0.390 e. The van der Waals surface area contributed by atoms with Gasteiger partial charge in [-0.3, -0.25) is 0 Å². The standard InChI is InChI=1S/C33H46N2O/c1-9-15-24(5)22-35(23(3)4)31-19-14-13-18-30(31)34-32-26(10-2)20-27(21-29(32)33(7,8)36)28-17-12-11-16-25(28)6/h9,11-20,23,25,28-29,34,36H,5,10,21-22H2,1-4,6-8H3/b15-9-. The van der Waals surface area contributed by atoms with Gasteiger partial charge < -0.3 is 15.3 Å². The molecular weight excluding hydrogens is 440 g/mol. The first kappa shape index (κ1) is 27.8. The number of allylic oxidation sites excluding steroid dienone is 8. The molecule has 0 fully saturated rings. The van der Waals surface area contributed by atoms with Crippen molar-refractivity contribution in [3.8, 4) is 0 Å². The average Bonchev–Trinajstić information content (AvgIpc) is 2.83. The third-order valence-electron chi connectivity index (χ3n) is 7.45. The zero-order chi connectivity index (χ0) is 26.5. The first-order chi connectivity index (χ1) is 17.1. The Morgan fingerprint density at radius 3 is 2.53 bits per heavy atom. The van der Waals surface area contributed by atoms with Crippen LogP contribution in [0.25, 0.3) is 0 Å². The highest BCUT2D eigenvalue weighted by Gasteiger charge is 2.37. The Balaban J connectivity index is 2.06. The number of benzene rings is 1. The van der Waals surface area contributed by atoms with Gasteiger partial charge >= 0.3 is 0 Å². The number of para-hydroxylation sites is 2. The van der Waals surface area contributed by atoms with Crippen LogP contribution < -0.4 is 10.2 Å². The zero-order valence-electron chi connectivity index (χ0n) is 23.4. The summed E-state index contributed by atoms with van der Waals surface area (Å²) in [7, 11) is 0. The monoisotopic (exact) mass is 486 g/mol. The molecule has 0 spiro atoms. The molecule has 3 unspecified atom stereocenters. The Bertz CT molecular complexity index is 1080. The third kappa shape index (κ3) is 6.50. The van der Waals surface area contributed by atoms with Crippen LogP contribution in [0.15, 0.2) is 95.8 Å². The number of rotatable bonds is 10. The molecule has 0 radical (unpaired) electrons. The largest absolute Gasteiger partial charge is 0.390 e. The Labute approximate surface area is 219 Å². The van der Waals surface area contributed by atoms with E-state index in [0.29, 0.717) is 17.9 Å². The lowest BCUT2D eigenvalue weighted by atomic mass is 9.71. The van der Waals surface area contributed by atoms with Gasteiger partial charge in [-0.05, 0) is 76.7 Å². The quantitative estimate of drug-likeness (QED) is 0.327. The van der Waals surface area contributed by atoms with Crippen LogP contribution in [-0.2, 0) is 0 Å². The van der Waals surface area contributed by atoms with Gasteiger partial charge in [-0.25, -0.2) is 0 Å². The maximum atomic E-state index is 11.4. The summed E-state index contributed by atoms with van der Waals surface area (Å²) in [6.45, 7) is 19.9. The molecule has 1 aromatic rings. The smallest absolute Gasteiger partial charge is 0.0677 e. The van der Waals surface area contributed by atoms with Crippen LogP contribution in [-0.4, -0.2) is 23.3 Å². The van der Waals surface area contributed by atoms with Crippen LogP contribution in [0.5, 0.6) is 0 Å². The molecule has 0 aliphatic heterocycles. The molecule has 36 heavy (non-hydrogen) atoms. The summed E-state index contributed by atoms with van der Waals surface area (Å²) in [5, 5.41) is 15.2. The molecule has 3 rings (SSSR count). The number of aliphatic hydroxyl groups is 1.